The SMILES string of the molecule is COC(=O)C(C)CN(C)C(=O)CC1CCCCC1N.Cl. The van der Waals surface area contributed by atoms with Gasteiger partial charge in [0.25, 0.3) is 0 Å². The molecule has 1 saturated carbocycles. The first-order chi connectivity index (χ1) is 8.95. The number of rotatable bonds is 5. The summed E-state index contributed by atoms with van der Waals surface area (Å²) in [6.07, 6.45) is 4.87. The molecular formula is C14H27ClN2O3. The molecule has 0 aliphatic heterocycles. The second kappa shape index (κ2) is 9.19. The van der Waals surface area contributed by atoms with E-state index in [1.165, 1.54) is 13.5 Å². The van der Waals surface area contributed by atoms with Crippen molar-refractivity contribution in [2.45, 2.75) is 45.1 Å². The van der Waals surface area contributed by atoms with Gasteiger partial charge in [-0.3, -0.25) is 9.59 Å². The summed E-state index contributed by atoms with van der Waals surface area (Å²) in [6, 6.07) is 0.143. The summed E-state index contributed by atoms with van der Waals surface area (Å²) in [6.45, 7) is 2.16. The number of amides is 1. The maximum atomic E-state index is 12.1. The first-order valence-corrected chi connectivity index (χ1v) is 7.03. The molecule has 2 N–H and O–H groups in total. The third-order valence-corrected chi connectivity index (χ3v) is 3.98. The maximum absolute atomic E-state index is 12.1. The van der Waals surface area contributed by atoms with Crippen LogP contribution in [0.15, 0.2) is 0 Å². The minimum atomic E-state index is -0.293. The first-order valence-electron chi connectivity index (χ1n) is 7.03. The molecule has 0 aromatic carbocycles. The van der Waals surface area contributed by atoms with Crippen LogP contribution in [-0.2, 0) is 14.3 Å². The Labute approximate surface area is 127 Å². The van der Waals surface area contributed by atoms with Crippen LogP contribution in [0.1, 0.15) is 39.0 Å². The number of carbonyl (C=O) groups is 2. The van der Waals surface area contributed by atoms with Gasteiger partial charge in [-0.2, -0.15) is 0 Å². The molecule has 5 nitrogen and oxygen atoms in total. The van der Waals surface area contributed by atoms with Crippen molar-refractivity contribution in [1.82, 2.24) is 4.90 Å². The van der Waals surface area contributed by atoms with Crippen molar-refractivity contribution >= 4 is 24.3 Å². The Morgan fingerprint density at radius 3 is 2.50 bits per heavy atom. The van der Waals surface area contributed by atoms with Crippen LogP contribution in [0.25, 0.3) is 0 Å². The van der Waals surface area contributed by atoms with Gasteiger partial charge in [0.15, 0.2) is 0 Å². The van der Waals surface area contributed by atoms with Gasteiger partial charge in [0.05, 0.1) is 13.0 Å². The van der Waals surface area contributed by atoms with Crippen molar-refractivity contribution in [2.24, 2.45) is 17.6 Å². The number of halogens is 1. The molecule has 3 unspecified atom stereocenters. The molecule has 0 bridgehead atoms. The van der Waals surface area contributed by atoms with Gasteiger partial charge < -0.3 is 15.4 Å². The monoisotopic (exact) mass is 306 g/mol. The molecule has 0 aromatic rings. The predicted molar refractivity (Wildman–Crippen MR) is 80.6 cm³/mol. The molecule has 118 valence electrons. The van der Waals surface area contributed by atoms with Gasteiger partial charge in [-0.15, -0.1) is 12.4 Å². The molecule has 1 amide bonds. The van der Waals surface area contributed by atoms with Crippen LogP contribution in [-0.4, -0.2) is 43.5 Å². The average molecular weight is 307 g/mol. The topological polar surface area (TPSA) is 72.6 Å². The molecule has 3 atom stereocenters. The number of nitrogens with two attached hydrogens (primary N) is 1. The lowest BCUT2D eigenvalue weighted by Gasteiger charge is -2.30. The molecule has 20 heavy (non-hydrogen) atoms. The zero-order chi connectivity index (χ0) is 14.4. The van der Waals surface area contributed by atoms with Gasteiger partial charge >= 0.3 is 5.97 Å². The van der Waals surface area contributed by atoms with Gasteiger partial charge in [0, 0.05) is 26.1 Å². The van der Waals surface area contributed by atoms with E-state index in [1.54, 1.807) is 18.9 Å². The quantitative estimate of drug-likeness (QED) is 0.783. The van der Waals surface area contributed by atoms with E-state index in [0.717, 1.165) is 19.3 Å². The summed E-state index contributed by atoms with van der Waals surface area (Å²) in [5.74, 6) is -0.219. The van der Waals surface area contributed by atoms with E-state index in [9.17, 15) is 9.59 Å². The molecule has 1 aliphatic carbocycles. The number of esters is 1. The zero-order valence-corrected chi connectivity index (χ0v) is 13.4. The van der Waals surface area contributed by atoms with Gasteiger partial charge in [0.2, 0.25) is 5.91 Å². The number of methoxy groups -OCH3 is 1. The Bertz CT molecular complexity index is 326. The number of carbonyl (C=O) groups excluding carboxylic acids is 2. The Kier molecular flexibility index (Phi) is 8.81. The molecule has 0 heterocycles. The minimum absolute atomic E-state index is 0. The van der Waals surface area contributed by atoms with Crippen LogP contribution in [0.2, 0.25) is 0 Å². The van der Waals surface area contributed by atoms with E-state index in [1.807, 2.05) is 0 Å². The Hall–Kier alpha value is -0.810. The van der Waals surface area contributed by atoms with Crippen LogP contribution in [0.5, 0.6) is 0 Å². The molecule has 1 aliphatic rings. The Balaban J connectivity index is 0.00000361. The lowest BCUT2D eigenvalue weighted by atomic mass is 9.83. The lowest BCUT2D eigenvalue weighted by Crippen LogP contribution is -2.39. The van der Waals surface area contributed by atoms with Gasteiger partial charge in [-0.1, -0.05) is 19.8 Å². The number of nitrogens with zero attached hydrogens (tertiary/aromatic N) is 1. The molecule has 6 heteroatoms. The van der Waals surface area contributed by atoms with Crippen LogP contribution in [0, 0.1) is 11.8 Å². The van der Waals surface area contributed by atoms with Crippen molar-refractivity contribution in [2.75, 3.05) is 20.7 Å². The molecule has 1 fully saturated rings. The summed E-state index contributed by atoms with van der Waals surface area (Å²) in [7, 11) is 3.10. The molecular weight excluding hydrogens is 280 g/mol. The van der Waals surface area contributed by atoms with Crippen LogP contribution >= 0.6 is 12.4 Å². The molecule has 0 spiro atoms. The Morgan fingerprint density at radius 2 is 1.95 bits per heavy atom. The zero-order valence-electron chi connectivity index (χ0n) is 12.6. The van der Waals surface area contributed by atoms with E-state index in [-0.39, 0.29) is 42.2 Å². The van der Waals surface area contributed by atoms with Crippen LogP contribution in [0.4, 0.5) is 0 Å². The third-order valence-electron chi connectivity index (χ3n) is 3.98. The van der Waals surface area contributed by atoms with Crippen molar-refractivity contribution in [1.29, 1.82) is 0 Å². The largest absolute Gasteiger partial charge is 0.469 e. The summed E-state index contributed by atoms with van der Waals surface area (Å²) in [5.41, 5.74) is 6.05. The summed E-state index contributed by atoms with van der Waals surface area (Å²) >= 11 is 0. The molecule has 0 radical (unpaired) electrons. The second-order valence-electron chi connectivity index (χ2n) is 5.61. The standard InChI is InChI=1S/C14H26N2O3.ClH/c1-10(14(18)19-3)9-16(2)13(17)8-11-6-4-5-7-12(11)15;/h10-12H,4-9,15H2,1-3H3;1H. The van der Waals surface area contributed by atoms with Crippen molar-refractivity contribution in [3.63, 3.8) is 0 Å². The van der Waals surface area contributed by atoms with Crippen molar-refractivity contribution in [3.8, 4) is 0 Å². The molecule has 0 saturated heterocycles. The number of ether oxygens (including phenoxy) is 1. The molecule has 1 rings (SSSR count). The van der Waals surface area contributed by atoms with E-state index in [2.05, 4.69) is 4.74 Å². The molecule has 0 aromatic heterocycles. The summed E-state index contributed by atoms with van der Waals surface area (Å²) < 4.78 is 4.66. The minimum Gasteiger partial charge on any atom is -0.469 e. The highest BCUT2D eigenvalue weighted by Gasteiger charge is 2.26. The highest BCUT2D eigenvalue weighted by Crippen LogP contribution is 2.26. The van der Waals surface area contributed by atoms with E-state index >= 15 is 0 Å². The number of hydrogen-bond acceptors (Lipinski definition) is 4. The van der Waals surface area contributed by atoms with E-state index in [0.29, 0.717) is 13.0 Å². The second-order valence-corrected chi connectivity index (χ2v) is 5.61. The normalized spacial score (nSPS) is 23.4. The smallest absolute Gasteiger partial charge is 0.310 e. The van der Waals surface area contributed by atoms with Gasteiger partial charge in [-0.05, 0) is 18.8 Å². The van der Waals surface area contributed by atoms with Gasteiger partial charge in [0.1, 0.15) is 0 Å². The van der Waals surface area contributed by atoms with Crippen molar-refractivity contribution < 1.29 is 14.3 Å². The Morgan fingerprint density at radius 1 is 1.35 bits per heavy atom. The average Bonchev–Trinajstić information content (AvgIpc) is 2.40. The van der Waals surface area contributed by atoms with Crippen LogP contribution in [0.3, 0.4) is 0 Å². The fourth-order valence-electron chi connectivity index (χ4n) is 2.66. The van der Waals surface area contributed by atoms with E-state index < -0.39 is 0 Å². The lowest BCUT2D eigenvalue weighted by molar-refractivity contribution is -0.146. The highest BCUT2D eigenvalue weighted by molar-refractivity contribution is 5.85. The summed E-state index contributed by atoms with van der Waals surface area (Å²) in [5, 5.41) is 0. The fraction of sp³-hybridized carbons (Fsp3) is 0.857. The number of hydrogen-bond donors (Lipinski definition) is 1. The summed E-state index contributed by atoms with van der Waals surface area (Å²) in [4.78, 5) is 25.1. The van der Waals surface area contributed by atoms with E-state index in [4.69, 9.17) is 5.73 Å². The maximum Gasteiger partial charge on any atom is 0.310 e. The fourth-order valence-corrected chi connectivity index (χ4v) is 2.66. The van der Waals surface area contributed by atoms with Crippen molar-refractivity contribution in [3.05, 3.63) is 0 Å². The highest BCUT2D eigenvalue weighted by atomic mass is 35.5. The first kappa shape index (κ1) is 19.2. The predicted octanol–water partition coefficient (Wildman–Crippen LogP) is 1.58. The van der Waals surface area contributed by atoms with Crippen LogP contribution < -0.4 is 5.73 Å². The third kappa shape index (κ3) is 5.67. The van der Waals surface area contributed by atoms with Gasteiger partial charge in [-0.25, -0.2) is 0 Å².